The molecule has 0 spiro atoms. The molecule has 1 N–H and O–H groups in total. The third-order valence-corrected chi connectivity index (χ3v) is 3.54. The normalized spacial score (nSPS) is 16.8. The molecule has 1 saturated carbocycles. The minimum absolute atomic E-state index is 0.112. The molecule has 2 rings (SSSR count). The molecule has 1 aliphatic carbocycles. The van der Waals surface area contributed by atoms with Gasteiger partial charge in [-0.05, 0) is 31.2 Å². The molecule has 1 aliphatic rings. The molecule has 4 nitrogen and oxygen atoms in total. The van der Waals surface area contributed by atoms with Crippen LogP contribution in [0, 0.1) is 0 Å². The second-order valence-electron chi connectivity index (χ2n) is 3.94. The van der Waals surface area contributed by atoms with E-state index in [0.29, 0.717) is 4.88 Å². The molecule has 86 valence electrons. The van der Waals surface area contributed by atoms with Gasteiger partial charge < -0.3 is 10.0 Å². The molecule has 0 aromatic carbocycles. The predicted octanol–water partition coefficient (Wildman–Crippen LogP) is 1.83. The van der Waals surface area contributed by atoms with Crippen molar-refractivity contribution >= 4 is 23.2 Å². The van der Waals surface area contributed by atoms with E-state index < -0.39 is 12.0 Å². The van der Waals surface area contributed by atoms with Gasteiger partial charge in [0.2, 0.25) is 0 Å². The van der Waals surface area contributed by atoms with Crippen LogP contribution in [-0.4, -0.2) is 34.0 Å². The number of carbonyl (C=O) groups is 2. The Morgan fingerprint density at radius 1 is 1.56 bits per heavy atom. The van der Waals surface area contributed by atoms with Crippen LogP contribution in [0.4, 0.5) is 0 Å². The molecule has 5 heteroatoms. The maximum atomic E-state index is 12.1. The summed E-state index contributed by atoms with van der Waals surface area (Å²) >= 11 is 1.35. The van der Waals surface area contributed by atoms with Crippen molar-refractivity contribution in [2.45, 2.75) is 31.8 Å². The fourth-order valence-electron chi connectivity index (χ4n) is 1.66. The third kappa shape index (κ3) is 2.09. The number of hydrogen-bond donors (Lipinski definition) is 1. The van der Waals surface area contributed by atoms with Crippen LogP contribution in [0.2, 0.25) is 0 Å². The summed E-state index contributed by atoms with van der Waals surface area (Å²) in [4.78, 5) is 25.2. The quantitative estimate of drug-likeness (QED) is 0.872. The fourth-order valence-corrected chi connectivity index (χ4v) is 2.32. The second-order valence-corrected chi connectivity index (χ2v) is 4.88. The summed E-state index contributed by atoms with van der Waals surface area (Å²) in [6, 6.07) is 2.90. The van der Waals surface area contributed by atoms with Crippen molar-refractivity contribution in [1.29, 1.82) is 0 Å². The van der Waals surface area contributed by atoms with Gasteiger partial charge in [0, 0.05) is 6.04 Å². The van der Waals surface area contributed by atoms with Gasteiger partial charge >= 0.3 is 5.97 Å². The molecule has 0 aliphatic heterocycles. The largest absolute Gasteiger partial charge is 0.480 e. The van der Waals surface area contributed by atoms with E-state index in [1.54, 1.807) is 19.1 Å². The number of carboxylic acids is 1. The number of thiophene rings is 1. The Morgan fingerprint density at radius 3 is 2.69 bits per heavy atom. The minimum atomic E-state index is -0.947. The average Bonchev–Trinajstić information content (AvgIpc) is 2.93. The lowest BCUT2D eigenvalue weighted by atomic mass is 10.2. The van der Waals surface area contributed by atoms with E-state index in [1.165, 1.54) is 16.2 Å². The van der Waals surface area contributed by atoms with Gasteiger partial charge in [-0.15, -0.1) is 11.3 Å². The first-order valence-electron chi connectivity index (χ1n) is 5.20. The highest BCUT2D eigenvalue weighted by Crippen LogP contribution is 2.30. The third-order valence-electron chi connectivity index (χ3n) is 2.68. The average molecular weight is 239 g/mol. The zero-order chi connectivity index (χ0) is 11.7. The van der Waals surface area contributed by atoms with Gasteiger partial charge in [-0.1, -0.05) is 6.07 Å². The molecule has 16 heavy (non-hydrogen) atoms. The topological polar surface area (TPSA) is 57.6 Å². The van der Waals surface area contributed by atoms with Crippen LogP contribution in [-0.2, 0) is 4.79 Å². The van der Waals surface area contributed by atoms with Crippen molar-refractivity contribution in [2.24, 2.45) is 0 Å². The van der Waals surface area contributed by atoms with Crippen LogP contribution in [0.3, 0.4) is 0 Å². The number of amides is 1. The molecule has 1 fully saturated rings. The van der Waals surface area contributed by atoms with E-state index >= 15 is 0 Å². The van der Waals surface area contributed by atoms with Crippen LogP contribution in [0.25, 0.3) is 0 Å². The lowest BCUT2D eigenvalue weighted by Crippen LogP contribution is -2.44. The van der Waals surface area contributed by atoms with E-state index in [9.17, 15) is 9.59 Å². The molecule has 1 unspecified atom stereocenters. The monoisotopic (exact) mass is 239 g/mol. The van der Waals surface area contributed by atoms with Crippen LogP contribution < -0.4 is 0 Å². The summed E-state index contributed by atoms with van der Waals surface area (Å²) < 4.78 is 0. The number of nitrogens with zero attached hydrogens (tertiary/aromatic N) is 1. The number of hydrogen-bond acceptors (Lipinski definition) is 3. The molecule has 0 bridgehead atoms. The van der Waals surface area contributed by atoms with Gasteiger partial charge in [0.25, 0.3) is 5.91 Å². The number of rotatable bonds is 4. The maximum absolute atomic E-state index is 12.1. The Hall–Kier alpha value is -1.36. The zero-order valence-corrected chi connectivity index (χ0v) is 9.74. The molecule has 0 saturated heterocycles. The van der Waals surface area contributed by atoms with Crippen molar-refractivity contribution in [3.05, 3.63) is 22.4 Å². The van der Waals surface area contributed by atoms with Gasteiger partial charge in [-0.3, -0.25) is 4.79 Å². The molecule has 1 amide bonds. The summed E-state index contributed by atoms with van der Waals surface area (Å²) in [6.45, 7) is 1.56. The first-order chi connectivity index (χ1) is 7.61. The highest BCUT2D eigenvalue weighted by atomic mass is 32.1. The Kier molecular flexibility index (Phi) is 2.96. The van der Waals surface area contributed by atoms with Crippen molar-refractivity contribution in [3.8, 4) is 0 Å². The highest BCUT2D eigenvalue weighted by Gasteiger charge is 2.38. The fraction of sp³-hybridized carbons (Fsp3) is 0.455. The van der Waals surface area contributed by atoms with Crippen LogP contribution in [0.15, 0.2) is 17.5 Å². The van der Waals surface area contributed by atoms with Crippen molar-refractivity contribution in [2.75, 3.05) is 0 Å². The van der Waals surface area contributed by atoms with Crippen molar-refractivity contribution in [3.63, 3.8) is 0 Å². The van der Waals surface area contributed by atoms with Crippen molar-refractivity contribution in [1.82, 2.24) is 4.90 Å². The van der Waals surface area contributed by atoms with E-state index in [0.717, 1.165) is 12.8 Å². The highest BCUT2D eigenvalue weighted by molar-refractivity contribution is 7.12. The van der Waals surface area contributed by atoms with Crippen LogP contribution in [0.5, 0.6) is 0 Å². The molecule has 1 heterocycles. The molecular weight excluding hydrogens is 226 g/mol. The Balaban J connectivity index is 2.19. The summed E-state index contributed by atoms with van der Waals surface area (Å²) in [5.74, 6) is -1.11. The van der Waals surface area contributed by atoms with Gasteiger partial charge in [-0.2, -0.15) is 0 Å². The first kappa shape index (κ1) is 11.1. The SMILES string of the molecule is CC(C(=O)O)N(C(=O)c1cccs1)C1CC1. The molecular formula is C11H13NO3S. The van der Waals surface area contributed by atoms with Gasteiger partial charge in [0.1, 0.15) is 6.04 Å². The molecule has 1 atom stereocenters. The maximum Gasteiger partial charge on any atom is 0.326 e. The van der Waals surface area contributed by atoms with Crippen LogP contribution >= 0.6 is 11.3 Å². The predicted molar refractivity (Wildman–Crippen MR) is 60.6 cm³/mol. The van der Waals surface area contributed by atoms with Gasteiger partial charge in [-0.25, -0.2) is 4.79 Å². The lowest BCUT2D eigenvalue weighted by Gasteiger charge is -2.25. The Labute approximate surface area is 97.5 Å². The smallest absolute Gasteiger partial charge is 0.326 e. The number of aliphatic carboxylic acids is 1. The standard InChI is InChI=1S/C11H13NO3S/c1-7(11(14)15)12(8-4-5-8)10(13)9-3-2-6-16-9/h2-3,6-8H,4-5H2,1H3,(H,14,15). The van der Waals surface area contributed by atoms with Gasteiger partial charge in [0.15, 0.2) is 0 Å². The number of carboxylic acid groups (broad SMARTS) is 1. The summed E-state index contributed by atoms with van der Waals surface area (Å²) in [6.07, 6.45) is 1.82. The van der Waals surface area contributed by atoms with E-state index in [2.05, 4.69) is 0 Å². The van der Waals surface area contributed by atoms with Crippen LogP contribution in [0.1, 0.15) is 29.4 Å². The molecule has 0 radical (unpaired) electrons. The minimum Gasteiger partial charge on any atom is -0.480 e. The molecule has 1 aromatic heterocycles. The van der Waals surface area contributed by atoms with E-state index in [1.807, 2.05) is 5.38 Å². The van der Waals surface area contributed by atoms with Crippen molar-refractivity contribution < 1.29 is 14.7 Å². The van der Waals surface area contributed by atoms with E-state index in [-0.39, 0.29) is 11.9 Å². The summed E-state index contributed by atoms with van der Waals surface area (Å²) in [5.41, 5.74) is 0. The van der Waals surface area contributed by atoms with E-state index in [4.69, 9.17) is 5.11 Å². The second kappa shape index (κ2) is 4.25. The number of carbonyl (C=O) groups excluding carboxylic acids is 1. The first-order valence-corrected chi connectivity index (χ1v) is 6.08. The van der Waals surface area contributed by atoms with Gasteiger partial charge in [0.05, 0.1) is 4.88 Å². The Morgan fingerprint density at radius 2 is 2.25 bits per heavy atom. The lowest BCUT2D eigenvalue weighted by molar-refractivity contribution is -0.141. The summed E-state index contributed by atoms with van der Waals surface area (Å²) in [7, 11) is 0. The molecule has 1 aromatic rings. The Bertz CT molecular complexity index is 397. The summed E-state index contributed by atoms with van der Waals surface area (Å²) in [5, 5.41) is 10.8. The zero-order valence-electron chi connectivity index (χ0n) is 8.92.